The highest BCUT2D eigenvalue weighted by molar-refractivity contribution is 6.00. The number of benzene rings is 1. The Morgan fingerprint density at radius 2 is 2.00 bits per heavy atom. The predicted molar refractivity (Wildman–Crippen MR) is 79.5 cm³/mol. The highest BCUT2D eigenvalue weighted by atomic mass is 16.4. The molecule has 0 unspecified atom stereocenters. The molecular weight excluding hydrogens is 272 g/mol. The number of aromatic amines is 1. The Hall–Kier alpha value is -2.38. The molecule has 0 aliphatic heterocycles. The van der Waals surface area contributed by atoms with Crippen LogP contribution in [0.25, 0.3) is 10.9 Å². The maximum Gasteiger partial charge on any atom is 0.335 e. The Kier molecular flexibility index (Phi) is 4.91. The first kappa shape index (κ1) is 15.0. The summed E-state index contributed by atoms with van der Waals surface area (Å²) in [4.78, 5) is 25.8. The fourth-order valence-corrected chi connectivity index (χ4v) is 1.97. The van der Waals surface area contributed by atoms with E-state index >= 15 is 0 Å². The standard InChI is InChI=1S/C14H18N4O3/c15-3-4-16-5-6-17-13(19)12-8-10-7-9(14(20)21)1-2-11(10)18-12/h1-2,7-8,16,18H,3-6,15H2,(H,17,19)(H,20,21). The SMILES string of the molecule is NCCNCCNC(=O)c1cc2cc(C(=O)O)ccc2[nH]1. The van der Waals surface area contributed by atoms with E-state index in [0.717, 1.165) is 5.52 Å². The van der Waals surface area contributed by atoms with Crippen molar-refractivity contribution in [2.45, 2.75) is 0 Å². The van der Waals surface area contributed by atoms with Crippen molar-refractivity contribution in [3.63, 3.8) is 0 Å². The van der Waals surface area contributed by atoms with Gasteiger partial charge in [-0.3, -0.25) is 4.79 Å². The second-order valence-electron chi connectivity index (χ2n) is 4.58. The van der Waals surface area contributed by atoms with Crippen molar-refractivity contribution < 1.29 is 14.7 Å². The number of carbonyl (C=O) groups excluding carboxylic acids is 1. The Bertz CT molecular complexity index is 651. The zero-order valence-electron chi connectivity index (χ0n) is 11.5. The Labute approximate surface area is 121 Å². The number of aromatic carboxylic acids is 1. The summed E-state index contributed by atoms with van der Waals surface area (Å²) in [5.74, 6) is -1.22. The fraction of sp³-hybridized carbons (Fsp3) is 0.286. The molecule has 0 saturated heterocycles. The lowest BCUT2D eigenvalue weighted by Gasteiger charge is -2.04. The van der Waals surface area contributed by atoms with E-state index in [1.54, 1.807) is 12.1 Å². The lowest BCUT2D eigenvalue weighted by Crippen LogP contribution is -2.33. The van der Waals surface area contributed by atoms with Gasteiger partial charge < -0.3 is 26.5 Å². The molecule has 1 amide bonds. The van der Waals surface area contributed by atoms with Gasteiger partial charge in [0.15, 0.2) is 0 Å². The molecule has 0 spiro atoms. The lowest BCUT2D eigenvalue weighted by molar-refractivity contribution is 0.0696. The largest absolute Gasteiger partial charge is 0.478 e. The number of nitrogens with two attached hydrogens (primary N) is 1. The monoisotopic (exact) mass is 290 g/mol. The number of amides is 1. The van der Waals surface area contributed by atoms with Crippen LogP contribution in [0.5, 0.6) is 0 Å². The molecule has 1 aromatic carbocycles. The molecule has 1 heterocycles. The molecule has 1 aromatic heterocycles. The van der Waals surface area contributed by atoms with Crippen molar-refractivity contribution in [3.8, 4) is 0 Å². The molecule has 7 nitrogen and oxygen atoms in total. The second kappa shape index (κ2) is 6.87. The van der Waals surface area contributed by atoms with Gasteiger partial charge in [-0.25, -0.2) is 4.79 Å². The zero-order valence-corrected chi connectivity index (χ0v) is 11.5. The smallest absolute Gasteiger partial charge is 0.335 e. The van der Waals surface area contributed by atoms with Crippen LogP contribution in [0.15, 0.2) is 24.3 Å². The summed E-state index contributed by atoms with van der Waals surface area (Å²) < 4.78 is 0. The van der Waals surface area contributed by atoms with Gasteiger partial charge in [-0.1, -0.05) is 0 Å². The number of hydrogen-bond acceptors (Lipinski definition) is 4. The van der Waals surface area contributed by atoms with Crippen LogP contribution in [-0.4, -0.2) is 48.1 Å². The molecule has 2 aromatic rings. The first-order valence-corrected chi connectivity index (χ1v) is 6.67. The molecule has 0 fully saturated rings. The van der Waals surface area contributed by atoms with Crippen LogP contribution >= 0.6 is 0 Å². The highest BCUT2D eigenvalue weighted by Crippen LogP contribution is 2.17. The summed E-state index contributed by atoms with van der Waals surface area (Å²) in [6.45, 7) is 2.41. The number of hydrogen-bond donors (Lipinski definition) is 5. The second-order valence-corrected chi connectivity index (χ2v) is 4.58. The van der Waals surface area contributed by atoms with Crippen LogP contribution in [-0.2, 0) is 0 Å². The van der Waals surface area contributed by atoms with Gasteiger partial charge in [0.05, 0.1) is 5.56 Å². The molecule has 112 valence electrons. The predicted octanol–water partition coefficient (Wildman–Crippen LogP) is 0.144. The molecule has 7 heteroatoms. The van der Waals surface area contributed by atoms with Crippen LogP contribution < -0.4 is 16.4 Å². The Morgan fingerprint density at radius 3 is 2.71 bits per heavy atom. The minimum absolute atomic E-state index is 0.194. The maximum absolute atomic E-state index is 12.0. The van der Waals surface area contributed by atoms with Crippen molar-refractivity contribution in [2.75, 3.05) is 26.2 Å². The van der Waals surface area contributed by atoms with E-state index in [-0.39, 0.29) is 11.5 Å². The highest BCUT2D eigenvalue weighted by Gasteiger charge is 2.10. The van der Waals surface area contributed by atoms with E-state index < -0.39 is 5.97 Å². The first-order chi connectivity index (χ1) is 10.1. The molecule has 0 bridgehead atoms. The van der Waals surface area contributed by atoms with Crippen molar-refractivity contribution in [3.05, 3.63) is 35.5 Å². The van der Waals surface area contributed by atoms with Crippen molar-refractivity contribution in [1.29, 1.82) is 0 Å². The van der Waals surface area contributed by atoms with Crippen LogP contribution in [0.1, 0.15) is 20.8 Å². The van der Waals surface area contributed by atoms with Crippen molar-refractivity contribution in [1.82, 2.24) is 15.6 Å². The third kappa shape index (κ3) is 3.80. The normalized spacial score (nSPS) is 10.7. The van der Waals surface area contributed by atoms with Crippen LogP contribution in [0, 0.1) is 0 Å². The minimum Gasteiger partial charge on any atom is -0.478 e. The van der Waals surface area contributed by atoms with Gasteiger partial charge in [0, 0.05) is 37.1 Å². The summed E-state index contributed by atoms with van der Waals surface area (Å²) in [5, 5.41) is 15.5. The summed E-state index contributed by atoms with van der Waals surface area (Å²) in [7, 11) is 0. The average molecular weight is 290 g/mol. The third-order valence-electron chi connectivity index (χ3n) is 3.02. The topological polar surface area (TPSA) is 120 Å². The van der Waals surface area contributed by atoms with Crippen molar-refractivity contribution in [2.24, 2.45) is 5.73 Å². The molecule has 0 aliphatic rings. The van der Waals surface area contributed by atoms with Gasteiger partial charge in [-0.2, -0.15) is 0 Å². The number of carbonyl (C=O) groups is 2. The van der Waals surface area contributed by atoms with Crippen LogP contribution in [0.2, 0.25) is 0 Å². The van der Waals surface area contributed by atoms with Gasteiger partial charge in [0.25, 0.3) is 5.91 Å². The van der Waals surface area contributed by atoms with Gasteiger partial charge >= 0.3 is 5.97 Å². The summed E-state index contributed by atoms with van der Waals surface area (Å²) in [5.41, 5.74) is 6.67. The van der Waals surface area contributed by atoms with Crippen LogP contribution in [0.4, 0.5) is 0 Å². The minimum atomic E-state index is -0.991. The molecular formula is C14H18N4O3. The fourth-order valence-electron chi connectivity index (χ4n) is 1.97. The Morgan fingerprint density at radius 1 is 1.19 bits per heavy atom. The number of H-pyrrole nitrogens is 1. The number of carboxylic acid groups (broad SMARTS) is 1. The van der Waals surface area contributed by atoms with Gasteiger partial charge in [-0.15, -0.1) is 0 Å². The quantitative estimate of drug-likeness (QED) is 0.465. The van der Waals surface area contributed by atoms with E-state index in [0.29, 0.717) is 37.3 Å². The summed E-state index contributed by atoms with van der Waals surface area (Å²) in [6, 6.07) is 6.33. The number of fused-ring (bicyclic) bond motifs is 1. The molecule has 21 heavy (non-hydrogen) atoms. The van der Waals surface area contributed by atoms with E-state index in [4.69, 9.17) is 10.8 Å². The zero-order chi connectivity index (χ0) is 15.2. The maximum atomic E-state index is 12.0. The van der Waals surface area contributed by atoms with Gasteiger partial charge in [0.2, 0.25) is 0 Å². The molecule has 2 rings (SSSR count). The van der Waals surface area contributed by atoms with Crippen molar-refractivity contribution >= 4 is 22.8 Å². The van der Waals surface area contributed by atoms with E-state index in [9.17, 15) is 9.59 Å². The van der Waals surface area contributed by atoms with Crippen LogP contribution in [0.3, 0.4) is 0 Å². The molecule has 0 radical (unpaired) electrons. The van der Waals surface area contributed by atoms with E-state index in [1.807, 2.05) is 0 Å². The number of nitrogens with one attached hydrogen (secondary N) is 3. The summed E-state index contributed by atoms with van der Waals surface area (Å²) in [6.07, 6.45) is 0. The number of carboxylic acids is 1. The number of aromatic nitrogens is 1. The average Bonchev–Trinajstić information content (AvgIpc) is 2.89. The molecule has 6 N–H and O–H groups in total. The van der Waals surface area contributed by atoms with E-state index in [2.05, 4.69) is 15.6 Å². The lowest BCUT2D eigenvalue weighted by atomic mass is 10.1. The van der Waals surface area contributed by atoms with Gasteiger partial charge in [-0.05, 0) is 24.3 Å². The first-order valence-electron chi connectivity index (χ1n) is 6.67. The number of rotatable bonds is 7. The van der Waals surface area contributed by atoms with E-state index in [1.165, 1.54) is 12.1 Å². The Balaban J connectivity index is 2.01. The summed E-state index contributed by atoms with van der Waals surface area (Å²) >= 11 is 0. The molecule has 0 aliphatic carbocycles. The molecule has 0 atom stereocenters. The van der Waals surface area contributed by atoms with Gasteiger partial charge in [0.1, 0.15) is 5.69 Å². The molecule has 0 saturated carbocycles. The third-order valence-corrected chi connectivity index (χ3v) is 3.02.